The van der Waals surface area contributed by atoms with Gasteiger partial charge in [0.1, 0.15) is 5.82 Å². The highest BCUT2D eigenvalue weighted by molar-refractivity contribution is 5.92. The molecule has 0 radical (unpaired) electrons. The minimum absolute atomic E-state index is 0.448. The van der Waals surface area contributed by atoms with Gasteiger partial charge in [0.15, 0.2) is 0 Å². The molecule has 2 aromatic carbocycles. The number of nitrogens with zero attached hydrogens (tertiary/aromatic N) is 2. The van der Waals surface area contributed by atoms with Gasteiger partial charge in [0.25, 0.3) is 0 Å². The minimum atomic E-state index is 0.448. The lowest BCUT2D eigenvalue weighted by molar-refractivity contribution is 0.581. The first-order valence-corrected chi connectivity index (χ1v) is 9.08. The Kier molecular flexibility index (Phi) is 5.67. The third-order valence-corrected chi connectivity index (χ3v) is 4.36. The summed E-state index contributed by atoms with van der Waals surface area (Å²) >= 11 is 0. The quantitative estimate of drug-likeness (QED) is 0.676. The zero-order valence-corrected chi connectivity index (χ0v) is 15.4. The third kappa shape index (κ3) is 4.37. The van der Waals surface area contributed by atoms with Crippen LogP contribution in [0.5, 0.6) is 0 Å². The number of hydrogen-bond acceptors (Lipinski definition) is 3. The molecule has 1 heterocycles. The van der Waals surface area contributed by atoms with Crippen LogP contribution in [0.4, 0.5) is 5.82 Å². The Hall–Kier alpha value is -2.39. The molecule has 0 spiro atoms. The van der Waals surface area contributed by atoms with Crippen LogP contribution in [-0.4, -0.2) is 17.6 Å². The molecule has 0 bridgehead atoms. The lowest BCUT2D eigenvalue weighted by Gasteiger charge is -2.24. The monoisotopic (exact) mass is 333 g/mol. The zero-order valence-electron chi connectivity index (χ0n) is 15.4. The summed E-state index contributed by atoms with van der Waals surface area (Å²) in [5.74, 6) is 1.07. The molecule has 0 saturated heterocycles. The van der Waals surface area contributed by atoms with Crippen molar-refractivity contribution in [1.29, 1.82) is 0 Å². The van der Waals surface area contributed by atoms with Crippen molar-refractivity contribution in [3.05, 3.63) is 71.9 Å². The topological polar surface area (TPSA) is 28.2 Å². The van der Waals surface area contributed by atoms with E-state index >= 15 is 0 Å². The Bertz CT molecular complexity index is 812. The van der Waals surface area contributed by atoms with Crippen molar-refractivity contribution in [3.8, 4) is 0 Å². The van der Waals surface area contributed by atoms with Gasteiger partial charge in [-0.25, -0.2) is 4.98 Å². The molecule has 3 rings (SSSR count). The van der Waals surface area contributed by atoms with E-state index < -0.39 is 0 Å². The molecule has 25 heavy (non-hydrogen) atoms. The second kappa shape index (κ2) is 8.13. The molecular weight excluding hydrogens is 306 g/mol. The molecule has 3 aromatic rings. The molecular formula is C22H27N3. The molecule has 0 atom stereocenters. The van der Waals surface area contributed by atoms with Crippen LogP contribution >= 0.6 is 0 Å². The largest absolute Gasteiger partial charge is 0.352 e. The fourth-order valence-corrected chi connectivity index (χ4v) is 3.02. The maximum atomic E-state index is 5.00. The lowest BCUT2D eigenvalue weighted by Crippen LogP contribution is -2.25. The van der Waals surface area contributed by atoms with Crippen molar-refractivity contribution in [2.75, 3.05) is 11.4 Å². The van der Waals surface area contributed by atoms with E-state index in [4.69, 9.17) is 4.98 Å². The smallest absolute Gasteiger partial charge is 0.137 e. The zero-order chi connectivity index (χ0) is 17.6. The Morgan fingerprint density at radius 2 is 1.72 bits per heavy atom. The molecule has 3 nitrogen and oxygen atoms in total. The Morgan fingerprint density at radius 3 is 2.44 bits per heavy atom. The number of pyridine rings is 1. The van der Waals surface area contributed by atoms with E-state index in [0.29, 0.717) is 6.04 Å². The van der Waals surface area contributed by atoms with E-state index in [1.807, 2.05) is 0 Å². The van der Waals surface area contributed by atoms with Gasteiger partial charge in [-0.3, -0.25) is 0 Å². The molecule has 1 N–H and O–H groups in total. The fourth-order valence-electron chi connectivity index (χ4n) is 3.02. The first-order valence-electron chi connectivity index (χ1n) is 9.08. The van der Waals surface area contributed by atoms with Crippen LogP contribution in [0.25, 0.3) is 10.8 Å². The highest BCUT2D eigenvalue weighted by Gasteiger charge is 2.13. The van der Waals surface area contributed by atoms with E-state index in [2.05, 4.69) is 91.7 Å². The maximum Gasteiger partial charge on any atom is 0.137 e. The Morgan fingerprint density at radius 1 is 1.00 bits per heavy atom. The summed E-state index contributed by atoms with van der Waals surface area (Å²) in [4.78, 5) is 7.36. The number of nitrogens with one attached hydrogen (secondary N) is 1. The van der Waals surface area contributed by atoms with Gasteiger partial charge in [0, 0.05) is 31.1 Å². The fraction of sp³-hybridized carbons (Fsp3) is 0.318. The van der Waals surface area contributed by atoms with Gasteiger partial charge < -0.3 is 10.2 Å². The van der Waals surface area contributed by atoms with Crippen LogP contribution in [0.15, 0.2) is 60.7 Å². The van der Waals surface area contributed by atoms with E-state index in [1.165, 1.54) is 16.3 Å². The van der Waals surface area contributed by atoms with Crippen molar-refractivity contribution in [1.82, 2.24) is 10.3 Å². The molecule has 0 saturated carbocycles. The first-order chi connectivity index (χ1) is 12.2. The van der Waals surface area contributed by atoms with E-state index in [-0.39, 0.29) is 0 Å². The highest BCUT2D eigenvalue weighted by Crippen LogP contribution is 2.27. The number of aromatic nitrogens is 1. The van der Waals surface area contributed by atoms with Crippen LogP contribution in [0.3, 0.4) is 0 Å². The predicted octanol–water partition coefficient (Wildman–Crippen LogP) is 4.76. The second-order valence-electron chi connectivity index (χ2n) is 6.69. The molecule has 1 aromatic heterocycles. The van der Waals surface area contributed by atoms with Crippen LogP contribution < -0.4 is 10.2 Å². The van der Waals surface area contributed by atoms with E-state index in [0.717, 1.165) is 31.1 Å². The van der Waals surface area contributed by atoms with Gasteiger partial charge in [-0.15, -0.1) is 0 Å². The predicted molar refractivity (Wildman–Crippen MR) is 107 cm³/mol. The maximum absolute atomic E-state index is 5.00. The number of benzene rings is 2. The molecule has 0 aliphatic carbocycles. The van der Waals surface area contributed by atoms with Gasteiger partial charge in [0.05, 0.1) is 5.69 Å². The van der Waals surface area contributed by atoms with Crippen molar-refractivity contribution in [2.45, 2.75) is 39.9 Å². The van der Waals surface area contributed by atoms with Crippen LogP contribution in [0.2, 0.25) is 0 Å². The molecule has 0 fully saturated rings. The second-order valence-corrected chi connectivity index (χ2v) is 6.69. The van der Waals surface area contributed by atoms with Crippen molar-refractivity contribution >= 4 is 16.6 Å². The Balaban J connectivity index is 1.99. The van der Waals surface area contributed by atoms with E-state index in [9.17, 15) is 0 Å². The molecule has 0 amide bonds. The molecule has 130 valence electrons. The van der Waals surface area contributed by atoms with Gasteiger partial charge in [0.2, 0.25) is 0 Å². The first kappa shape index (κ1) is 17.4. The van der Waals surface area contributed by atoms with Gasteiger partial charge in [-0.1, -0.05) is 68.4 Å². The summed E-state index contributed by atoms with van der Waals surface area (Å²) in [5.41, 5.74) is 2.40. The summed E-state index contributed by atoms with van der Waals surface area (Å²) in [7, 11) is 0. The number of rotatable bonds is 7. The Labute approximate surface area is 150 Å². The van der Waals surface area contributed by atoms with Crippen molar-refractivity contribution in [2.24, 2.45) is 0 Å². The van der Waals surface area contributed by atoms with Gasteiger partial charge in [-0.05, 0) is 23.9 Å². The number of anilines is 1. The summed E-state index contributed by atoms with van der Waals surface area (Å²) in [6.07, 6.45) is 0. The van der Waals surface area contributed by atoms with E-state index in [1.54, 1.807) is 0 Å². The summed E-state index contributed by atoms with van der Waals surface area (Å²) in [5, 5.41) is 5.95. The minimum Gasteiger partial charge on any atom is -0.352 e. The third-order valence-electron chi connectivity index (χ3n) is 4.36. The molecule has 0 aliphatic heterocycles. The summed E-state index contributed by atoms with van der Waals surface area (Å²) < 4.78 is 0. The van der Waals surface area contributed by atoms with Crippen molar-refractivity contribution in [3.63, 3.8) is 0 Å². The average Bonchev–Trinajstić information content (AvgIpc) is 2.64. The number of hydrogen-bond donors (Lipinski definition) is 1. The molecule has 3 heteroatoms. The SMILES string of the molecule is CCN(Cc1ccccc1)c1nc(CNC(C)C)cc2ccccc12. The normalized spacial score (nSPS) is 11.2. The summed E-state index contributed by atoms with van der Waals surface area (Å²) in [6.45, 7) is 9.10. The van der Waals surface area contributed by atoms with Crippen LogP contribution in [0.1, 0.15) is 32.0 Å². The molecule has 0 unspecified atom stereocenters. The van der Waals surface area contributed by atoms with Crippen LogP contribution in [0, 0.1) is 0 Å². The van der Waals surface area contributed by atoms with Crippen LogP contribution in [-0.2, 0) is 13.1 Å². The van der Waals surface area contributed by atoms with Gasteiger partial charge in [-0.2, -0.15) is 0 Å². The van der Waals surface area contributed by atoms with Crippen molar-refractivity contribution < 1.29 is 0 Å². The average molecular weight is 333 g/mol. The summed E-state index contributed by atoms with van der Waals surface area (Å²) in [6, 6.07) is 21.8. The van der Waals surface area contributed by atoms with Gasteiger partial charge >= 0.3 is 0 Å². The molecule has 0 aliphatic rings. The standard InChI is InChI=1S/C22H27N3/c1-4-25(16-18-10-6-5-7-11-18)22-21-13-9-8-12-19(21)14-20(24-22)15-23-17(2)3/h5-14,17,23H,4,15-16H2,1-3H3. The highest BCUT2D eigenvalue weighted by atomic mass is 15.2. The number of fused-ring (bicyclic) bond motifs is 1. The lowest BCUT2D eigenvalue weighted by atomic mass is 10.1.